The molecule has 0 aliphatic carbocycles. The van der Waals surface area contributed by atoms with E-state index >= 15 is 0 Å². The zero-order chi connectivity index (χ0) is 11.4. The van der Waals surface area contributed by atoms with E-state index in [1.54, 1.807) is 35.7 Å². The number of nitrogens with one attached hydrogen (secondary N) is 1. The summed E-state index contributed by atoms with van der Waals surface area (Å²) in [5.41, 5.74) is 1.09. The lowest BCUT2D eigenvalue weighted by molar-refractivity contribution is 0.102. The van der Waals surface area contributed by atoms with Crippen molar-refractivity contribution in [2.24, 2.45) is 0 Å². The van der Waals surface area contributed by atoms with Crippen LogP contribution in [-0.4, -0.2) is 12.2 Å². The summed E-state index contributed by atoms with van der Waals surface area (Å²) in [4.78, 5) is 22.4. The molecule has 0 aliphatic rings. The van der Waals surface area contributed by atoms with Crippen LogP contribution in [0.25, 0.3) is 0 Å². The van der Waals surface area contributed by atoms with Gasteiger partial charge in [-0.3, -0.25) is 9.59 Å². The van der Waals surface area contributed by atoms with E-state index < -0.39 is 0 Å². The van der Waals surface area contributed by atoms with Crippen molar-refractivity contribution in [3.05, 3.63) is 52.9 Å². The summed E-state index contributed by atoms with van der Waals surface area (Å²) in [7, 11) is 0. The highest BCUT2D eigenvalue weighted by atomic mass is 32.1. The molecule has 0 radical (unpaired) electrons. The molecule has 0 saturated carbocycles. The number of aldehydes is 1. The summed E-state index contributed by atoms with van der Waals surface area (Å²) < 4.78 is 0. The Kier molecular flexibility index (Phi) is 3.12. The Morgan fingerprint density at radius 3 is 2.62 bits per heavy atom. The molecule has 3 nitrogen and oxygen atoms in total. The van der Waals surface area contributed by atoms with E-state index in [1.807, 2.05) is 6.07 Å². The molecule has 0 unspecified atom stereocenters. The predicted molar refractivity (Wildman–Crippen MR) is 64.1 cm³/mol. The van der Waals surface area contributed by atoms with Crippen LogP contribution in [0.3, 0.4) is 0 Å². The van der Waals surface area contributed by atoms with Crippen LogP contribution in [0.2, 0.25) is 0 Å². The van der Waals surface area contributed by atoms with Crippen molar-refractivity contribution in [1.29, 1.82) is 0 Å². The van der Waals surface area contributed by atoms with Gasteiger partial charge in [0.15, 0.2) is 6.29 Å². The van der Waals surface area contributed by atoms with E-state index in [2.05, 4.69) is 5.32 Å². The number of thiophene rings is 1. The summed E-state index contributed by atoms with van der Waals surface area (Å²) >= 11 is 1.33. The van der Waals surface area contributed by atoms with Crippen LogP contribution in [0.1, 0.15) is 20.7 Å². The standard InChI is InChI=1S/C12H9NO2S/c14-8-10-6-7-16-12(10)13-11(15)9-4-2-1-3-5-9/h1-8H,(H,13,15). The largest absolute Gasteiger partial charge is 0.313 e. The van der Waals surface area contributed by atoms with Gasteiger partial charge in [-0.15, -0.1) is 11.3 Å². The van der Waals surface area contributed by atoms with Crippen molar-refractivity contribution in [2.45, 2.75) is 0 Å². The maximum Gasteiger partial charge on any atom is 0.256 e. The Balaban J connectivity index is 2.17. The fourth-order valence-electron chi connectivity index (χ4n) is 1.28. The molecule has 4 heteroatoms. The van der Waals surface area contributed by atoms with Gasteiger partial charge in [-0.2, -0.15) is 0 Å². The van der Waals surface area contributed by atoms with Crippen LogP contribution in [0.5, 0.6) is 0 Å². The fourth-order valence-corrected chi connectivity index (χ4v) is 2.03. The second-order valence-corrected chi connectivity index (χ2v) is 4.06. The predicted octanol–water partition coefficient (Wildman–Crippen LogP) is 2.81. The van der Waals surface area contributed by atoms with Crippen molar-refractivity contribution in [1.82, 2.24) is 0 Å². The van der Waals surface area contributed by atoms with Gasteiger partial charge in [0.05, 0.1) is 0 Å². The van der Waals surface area contributed by atoms with Crippen molar-refractivity contribution >= 4 is 28.5 Å². The number of anilines is 1. The molecule has 1 heterocycles. The van der Waals surface area contributed by atoms with Gasteiger partial charge >= 0.3 is 0 Å². The zero-order valence-electron chi connectivity index (χ0n) is 8.34. The van der Waals surface area contributed by atoms with Crippen molar-refractivity contribution in [3.8, 4) is 0 Å². The van der Waals surface area contributed by atoms with Crippen LogP contribution >= 0.6 is 11.3 Å². The number of carbonyl (C=O) groups is 2. The van der Waals surface area contributed by atoms with Crippen LogP contribution in [0.15, 0.2) is 41.8 Å². The number of amides is 1. The normalized spacial score (nSPS) is 9.75. The highest BCUT2D eigenvalue weighted by molar-refractivity contribution is 7.14. The lowest BCUT2D eigenvalue weighted by Crippen LogP contribution is -2.11. The average Bonchev–Trinajstić information content (AvgIpc) is 2.77. The second-order valence-electron chi connectivity index (χ2n) is 3.14. The average molecular weight is 231 g/mol. The highest BCUT2D eigenvalue weighted by Crippen LogP contribution is 2.21. The molecule has 1 aromatic heterocycles. The van der Waals surface area contributed by atoms with Gasteiger partial charge < -0.3 is 5.32 Å². The molecule has 1 amide bonds. The molecule has 1 N–H and O–H groups in total. The molecule has 0 fully saturated rings. The molecule has 2 aromatic rings. The number of hydrogen-bond donors (Lipinski definition) is 1. The summed E-state index contributed by atoms with van der Waals surface area (Å²) in [6.45, 7) is 0. The molecule has 80 valence electrons. The Morgan fingerprint density at radius 2 is 1.94 bits per heavy atom. The fraction of sp³-hybridized carbons (Fsp3) is 0. The van der Waals surface area contributed by atoms with Crippen molar-refractivity contribution in [3.63, 3.8) is 0 Å². The van der Waals surface area contributed by atoms with Crippen molar-refractivity contribution in [2.75, 3.05) is 5.32 Å². The van der Waals surface area contributed by atoms with E-state index in [0.717, 1.165) is 6.29 Å². The Bertz CT molecular complexity index is 505. The van der Waals surface area contributed by atoms with Gasteiger partial charge in [-0.25, -0.2) is 0 Å². The maximum absolute atomic E-state index is 11.8. The number of rotatable bonds is 3. The Morgan fingerprint density at radius 1 is 1.19 bits per heavy atom. The van der Waals surface area contributed by atoms with Gasteiger partial charge in [0.2, 0.25) is 0 Å². The lowest BCUT2D eigenvalue weighted by Gasteiger charge is -2.02. The highest BCUT2D eigenvalue weighted by Gasteiger charge is 2.09. The lowest BCUT2D eigenvalue weighted by atomic mass is 10.2. The first-order chi connectivity index (χ1) is 7.81. The summed E-state index contributed by atoms with van der Waals surface area (Å²) in [5, 5.41) is 5.06. The first-order valence-electron chi connectivity index (χ1n) is 4.70. The second kappa shape index (κ2) is 4.72. The molecule has 2 rings (SSSR count). The van der Waals surface area contributed by atoms with E-state index in [4.69, 9.17) is 0 Å². The summed E-state index contributed by atoms with van der Waals surface area (Å²) in [6, 6.07) is 10.6. The van der Waals surface area contributed by atoms with Crippen LogP contribution in [0.4, 0.5) is 5.00 Å². The molecule has 0 saturated heterocycles. The molecule has 1 aromatic carbocycles. The SMILES string of the molecule is O=Cc1ccsc1NC(=O)c1ccccc1. The Labute approximate surface area is 96.7 Å². The van der Waals surface area contributed by atoms with Gasteiger partial charge in [0.1, 0.15) is 5.00 Å². The minimum Gasteiger partial charge on any atom is -0.313 e. The first-order valence-corrected chi connectivity index (χ1v) is 5.58. The molecule has 0 aliphatic heterocycles. The molecule has 0 atom stereocenters. The van der Waals surface area contributed by atoms with Gasteiger partial charge in [0, 0.05) is 11.1 Å². The third kappa shape index (κ3) is 2.17. The molecule has 0 spiro atoms. The first kappa shape index (κ1) is 10.6. The van der Waals surface area contributed by atoms with Crippen LogP contribution in [0, 0.1) is 0 Å². The Hall–Kier alpha value is -1.94. The summed E-state index contributed by atoms with van der Waals surface area (Å²) in [5.74, 6) is -0.203. The smallest absolute Gasteiger partial charge is 0.256 e. The summed E-state index contributed by atoms with van der Waals surface area (Å²) in [6.07, 6.45) is 0.733. The number of benzene rings is 1. The zero-order valence-corrected chi connectivity index (χ0v) is 9.16. The molecule has 16 heavy (non-hydrogen) atoms. The number of carbonyl (C=O) groups excluding carboxylic acids is 2. The third-order valence-electron chi connectivity index (χ3n) is 2.09. The van der Waals surface area contributed by atoms with Gasteiger partial charge in [-0.05, 0) is 23.6 Å². The van der Waals surface area contributed by atoms with E-state index in [9.17, 15) is 9.59 Å². The molecular formula is C12H9NO2S. The minimum atomic E-state index is -0.203. The molecular weight excluding hydrogens is 222 g/mol. The van der Waals surface area contributed by atoms with E-state index in [0.29, 0.717) is 16.1 Å². The van der Waals surface area contributed by atoms with Gasteiger partial charge in [-0.1, -0.05) is 18.2 Å². The topological polar surface area (TPSA) is 46.2 Å². The van der Waals surface area contributed by atoms with Crippen LogP contribution in [-0.2, 0) is 0 Å². The third-order valence-corrected chi connectivity index (χ3v) is 2.93. The van der Waals surface area contributed by atoms with E-state index in [1.165, 1.54) is 11.3 Å². The monoisotopic (exact) mass is 231 g/mol. The van der Waals surface area contributed by atoms with E-state index in [-0.39, 0.29) is 5.91 Å². The minimum absolute atomic E-state index is 0.203. The molecule has 0 bridgehead atoms. The number of hydrogen-bond acceptors (Lipinski definition) is 3. The van der Waals surface area contributed by atoms with Crippen LogP contribution < -0.4 is 5.32 Å². The maximum atomic E-state index is 11.8. The van der Waals surface area contributed by atoms with Crippen molar-refractivity contribution < 1.29 is 9.59 Å². The quantitative estimate of drug-likeness (QED) is 0.825. The van der Waals surface area contributed by atoms with Gasteiger partial charge in [0.25, 0.3) is 5.91 Å².